The monoisotopic (exact) mass is 402 g/mol. The quantitative estimate of drug-likeness (QED) is 0.584. The Balaban J connectivity index is 1.59. The van der Waals surface area contributed by atoms with Crippen LogP contribution < -0.4 is 11.1 Å². The Labute approximate surface area is 173 Å². The predicted octanol–water partition coefficient (Wildman–Crippen LogP) is 2.57. The summed E-state index contributed by atoms with van der Waals surface area (Å²) in [5, 5.41) is 3.35. The Bertz CT molecular complexity index is 708. The average molecular weight is 403 g/mol. The van der Waals surface area contributed by atoms with Crippen molar-refractivity contribution in [3.63, 3.8) is 0 Å². The van der Waals surface area contributed by atoms with E-state index in [0.717, 1.165) is 38.9 Å². The number of rotatable bonds is 5. The number of likely N-dealkylation sites (tertiary alicyclic amines) is 1. The first-order valence-electron chi connectivity index (χ1n) is 10.7. The van der Waals surface area contributed by atoms with Gasteiger partial charge in [-0.15, -0.1) is 0 Å². The first-order chi connectivity index (χ1) is 14.0. The van der Waals surface area contributed by atoms with Gasteiger partial charge in [0.1, 0.15) is 0 Å². The van der Waals surface area contributed by atoms with Crippen LogP contribution >= 0.6 is 0 Å². The summed E-state index contributed by atoms with van der Waals surface area (Å²) in [6.07, 6.45) is 3.35. The van der Waals surface area contributed by atoms with Gasteiger partial charge in [0.15, 0.2) is 5.96 Å². The zero-order chi connectivity index (χ0) is 20.7. The maximum Gasteiger partial charge on any atom is 0.409 e. The molecule has 3 rings (SSSR count). The average Bonchev–Trinajstić information content (AvgIpc) is 2.74. The van der Waals surface area contributed by atoms with E-state index < -0.39 is 0 Å². The SMILES string of the molecule is CCOC(=O)N1CCC(NC(N)=NCC2(c3ccccc3C)CCOCC2)CC1. The van der Waals surface area contributed by atoms with Gasteiger partial charge >= 0.3 is 6.09 Å². The van der Waals surface area contributed by atoms with Crippen molar-refractivity contribution < 1.29 is 14.3 Å². The minimum atomic E-state index is -0.229. The summed E-state index contributed by atoms with van der Waals surface area (Å²) >= 11 is 0. The van der Waals surface area contributed by atoms with Crippen molar-refractivity contribution in [1.82, 2.24) is 10.2 Å². The third kappa shape index (κ3) is 5.41. The lowest BCUT2D eigenvalue weighted by Gasteiger charge is -2.38. The summed E-state index contributed by atoms with van der Waals surface area (Å²) < 4.78 is 10.7. The van der Waals surface area contributed by atoms with Gasteiger partial charge in [0, 0.05) is 37.8 Å². The second-order valence-electron chi connectivity index (χ2n) is 8.01. The molecule has 2 fully saturated rings. The van der Waals surface area contributed by atoms with Gasteiger partial charge in [-0.1, -0.05) is 24.3 Å². The fourth-order valence-corrected chi connectivity index (χ4v) is 4.36. The molecule has 1 aromatic rings. The van der Waals surface area contributed by atoms with Crippen LogP contribution in [0.15, 0.2) is 29.3 Å². The van der Waals surface area contributed by atoms with Crippen molar-refractivity contribution in [2.45, 2.75) is 51.0 Å². The first-order valence-corrected chi connectivity index (χ1v) is 10.7. The molecule has 160 valence electrons. The predicted molar refractivity (Wildman–Crippen MR) is 114 cm³/mol. The van der Waals surface area contributed by atoms with Crippen molar-refractivity contribution in [2.75, 3.05) is 39.5 Å². The highest BCUT2D eigenvalue weighted by molar-refractivity contribution is 5.78. The van der Waals surface area contributed by atoms with E-state index in [9.17, 15) is 4.79 Å². The van der Waals surface area contributed by atoms with Crippen LogP contribution in [0, 0.1) is 6.92 Å². The van der Waals surface area contributed by atoms with Gasteiger partial charge in [-0.2, -0.15) is 0 Å². The molecule has 2 saturated heterocycles. The molecule has 0 bridgehead atoms. The molecule has 0 saturated carbocycles. The van der Waals surface area contributed by atoms with Gasteiger partial charge in [-0.25, -0.2) is 4.79 Å². The van der Waals surface area contributed by atoms with Gasteiger partial charge < -0.3 is 25.4 Å². The van der Waals surface area contributed by atoms with Gasteiger partial charge in [0.2, 0.25) is 0 Å². The Kier molecular flexibility index (Phi) is 7.36. The highest BCUT2D eigenvalue weighted by atomic mass is 16.6. The highest BCUT2D eigenvalue weighted by Gasteiger charge is 2.35. The standard InChI is InChI=1S/C22H34N4O3/c1-3-29-21(27)26-12-8-18(9-13-26)25-20(23)24-16-22(10-14-28-15-11-22)19-7-5-4-6-17(19)2/h4-7,18H,3,8-16H2,1-2H3,(H3,23,24,25). The summed E-state index contributed by atoms with van der Waals surface area (Å²) in [4.78, 5) is 18.3. The molecule has 29 heavy (non-hydrogen) atoms. The van der Waals surface area contributed by atoms with Crippen molar-refractivity contribution in [2.24, 2.45) is 10.7 Å². The molecule has 0 aromatic heterocycles. The number of nitrogens with two attached hydrogens (primary N) is 1. The summed E-state index contributed by atoms with van der Waals surface area (Å²) in [5.41, 5.74) is 8.86. The van der Waals surface area contributed by atoms with Crippen LogP contribution in [0.3, 0.4) is 0 Å². The molecule has 3 N–H and O–H groups in total. The van der Waals surface area contributed by atoms with E-state index in [1.807, 2.05) is 6.92 Å². The van der Waals surface area contributed by atoms with Gasteiger partial charge in [0.05, 0.1) is 13.2 Å². The van der Waals surface area contributed by atoms with Crippen molar-refractivity contribution >= 4 is 12.1 Å². The second-order valence-corrected chi connectivity index (χ2v) is 8.01. The number of hydrogen-bond acceptors (Lipinski definition) is 4. The van der Waals surface area contributed by atoms with E-state index >= 15 is 0 Å². The van der Waals surface area contributed by atoms with Crippen molar-refractivity contribution in [3.8, 4) is 0 Å². The fraction of sp³-hybridized carbons (Fsp3) is 0.636. The lowest BCUT2D eigenvalue weighted by Crippen LogP contribution is -2.49. The van der Waals surface area contributed by atoms with Crippen molar-refractivity contribution in [1.29, 1.82) is 0 Å². The largest absolute Gasteiger partial charge is 0.450 e. The molecule has 1 aromatic carbocycles. The van der Waals surface area contributed by atoms with E-state index in [4.69, 9.17) is 20.2 Å². The number of carbonyl (C=O) groups is 1. The summed E-state index contributed by atoms with van der Waals surface area (Å²) in [7, 11) is 0. The number of hydrogen-bond donors (Lipinski definition) is 2. The van der Waals surface area contributed by atoms with E-state index in [0.29, 0.717) is 32.2 Å². The molecule has 0 spiro atoms. The lowest BCUT2D eigenvalue weighted by atomic mass is 9.72. The Hall–Kier alpha value is -2.28. The molecule has 2 aliphatic rings. The third-order valence-electron chi connectivity index (χ3n) is 6.09. The Morgan fingerprint density at radius 1 is 1.31 bits per heavy atom. The fourth-order valence-electron chi connectivity index (χ4n) is 4.36. The normalized spacial score (nSPS) is 20.3. The molecule has 2 aliphatic heterocycles. The maximum absolute atomic E-state index is 11.8. The number of carbonyl (C=O) groups excluding carboxylic acids is 1. The molecule has 0 aliphatic carbocycles. The molecule has 2 heterocycles. The Morgan fingerprint density at radius 2 is 2.00 bits per heavy atom. The number of piperidine rings is 1. The number of benzene rings is 1. The van der Waals surface area contributed by atoms with Crippen LogP contribution in [-0.4, -0.2) is 62.4 Å². The van der Waals surface area contributed by atoms with Crippen LogP contribution in [0.1, 0.15) is 43.7 Å². The van der Waals surface area contributed by atoms with Crippen LogP contribution in [-0.2, 0) is 14.9 Å². The lowest BCUT2D eigenvalue weighted by molar-refractivity contribution is 0.0529. The number of nitrogens with one attached hydrogen (secondary N) is 1. The number of ether oxygens (including phenoxy) is 2. The summed E-state index contributed by atoms with van der Waals surface area (Å²) in [6.45, 7) is 7.91. The molecule has 0 atom stereocenters. The molecular formula is C22H34N4O3. The maximum atomic E-state index is 11.8. The minimum Gasteiger partial charge on any atom is -0.450 e. The van der Waals surface area contributed by atoms with E-state index in [1.165, 1.54) is 11.1 Å². The molecule has 0 radical (unpaired) electrons. The molecule has 0 unspecified atom stereocenters. The van der Waals surface area contributed by atoms with Crippen LogP contribution in [0.2, 0.25) is 0 Å². The van der Waals surface area contributed by atoms with E-state index in [1.54, 1.807) is 4.90 Å². The molecular weight excluding hydrogens is 368 g/mol. The van der Waals surface area contributed by atoms with E-state index in [-0.39, 0.29) is 17.6 Å². The first kappa shape index (κ1) is 21.4. The van der Waals surface area contributed by atoms with Crippen LogP contribution in [0.4, 0.5) is 4.79 Å². The number of amides is 1. The highest BCUT2D eigenvalue weighted by Crippen LogP contribution is 2.37. The second kappa shape index (κ2) is 9.96. The number of aliphatic imine (C=N–C) groups is 1. The minimum absolute atomic E-state index is 0.0246. The summed E-state index contributed by atoms with van der Waals surface area (Å²) in [6, 6.07) is 8.78. The summed E-state index contributed by atoms with van der Waals surface area (Å²) in [5.74, 6) is 0.485. The smallest absolute Gasteiger partial charge is 0.409 e. The van der Waals surface area contributed by atoms with Gasteiger partial charge in [-0.05, 0) is 50.7 Å². The van der Waals surface area contributed by atoms with E-state index in [2.05, 4.69) is 36.5 Å². The molecule has 7 heteroatoms. The zero-order valence-electron chi connectivity index (χ0n) is 17.7. The van der Waals surface area contributed by atoms with Crippen molar-refractivity contribution in [3.05, 3.63) is 35.4 Å². The number of guanidine groups is 1. The number of aryl methyl sites for hydroxylation is 1. The van der Waals surface area contributed by atoms with Crippen LogP contribution in [0.25, 0.3) is 0 Å². The van der Waals surface area contributed by atoms with Gasteiger partial charge in [0.25, 0.3) is 0 Å². The zero-order valence-corrected chi connectivity index (χ0v) is 17.7. The third-order valence-corrected chi connectivity index (χ3v) is 6.09. The molecule has 7 nitrogen and oxygen atoms in total. The van der Waals surface area contributed by atoms with Crippen LogP contribution in [0.5, 0.6) is 0 Å². The topological polar surface area (TPSA) is 89.2 Å². The Morgan fingerprint density at radius 3 is 2.66 bits per heavy atom. The molecule has 1 amide bonds. The number of nitrogens with zero attached hydrogens (tertiary/aromatic N) is 2. The van der Waals surface area contributed by atoms with Gasteiger partial charge in [-0.3, -0.25) is 4.99 Å².